The number of nitrogens with zero attached hydrogens (tertiary/aromatic N) is 2. The van der Waals surface area contributed by atoms with E-state index < -0.39 is 6.04 Å². The third-order valence-electron chi connectivity index (χ3n) is 3.05. The molecular weight excluding hydrogens is 232 g/mol. The Morgan fingerprint density at radius 3 is 2.89 bits per heavy atom. The Labute approximate surface area is 107 Å². The maximum atomic E-state index is 11.8. The van der Waals surface area contributed by atoms with Crippen molar-refractivity contribution in [3.63, 3.8) is 0 Å². The molecule has 1 aromatic rings. The highest BCUT2D eigenvalue weighted by atomic mass is 16.3. The van der Waals surface area contributed by atoms with Gasteiger partial charge in [-0.3, -0.25) is 9.48 Å². The summed E-state index contributed by atoms with van der Waals surface area (Å²) in [6, 6.07) is -0.690. The van der Waals surface area contributed by atoms with Gasteiger partial charge in [-0.05, 0) is 12.3 Å². The second kappa shape index (κ2) is 7.13. The third-order valence-corrected chi connectivity index (χ3v) is 3.05. The minimum Gasteiger partial charge on any atom is -0.396 e. The third kappa shape index (κ3) is 4.12. The minimum atomic E-state index is -0.690. The van der Waals surface area contributed by atoms with E-state index in [1.54, 1.807) is 24.1 Å². The lowest BCUT2D eigenvalue weighted by Gasteiger charge is -2.16. The first-order valence-electron chi connectivity index (χ1n) is 6.21. The smallest absolute Gasteiger partial charge is 0.241 e. The topological polar surface area (TPSA) is 93.2 Å². The molecule has 0 spiro atoms. The zero-order valence-corrected chi connectivity index (χ0v) is 11.0. The highest BCUT2D eigenvalue weighted by Gasteiger charge is 2.18. The summed E-state index contributed by atoms with van der Waals surface area (Å²) in [5, 5.41) is 15.7. The fourth-order valence-electron chi connectivity index (χ4n) is 1.74. The number of aryl methyl sites for hydroxylation is 1. The summed E-state index contributed by atoms with van der Waals surface area (Å²) < 4.78 is 1.61. The Bertz CT molecular complexity index is 378. The summed E-state index contributed by atoms with van der Waals surface area (Å²) in [4.78, 5) is 11.8. The average molecular weight is 254 g/mol. The number of carbonyl (C=O) groups excluding carboxylic acids is 1. The monoisotopic (exact) mass is 254 g/mol. The molecule has 0 aromatic carbocycles. The molecule has 6 heteroatoms. The van der Waals surface area contributed by atoms with Crippen LogP contribution in [0.15, 0.2) is 12.4 Å². The van der Waals surface area contributed by atoms with Crippen LogP contribution in [0, 0.1) is 5.92 Å². The van der Waals surface area contributed by atoms with Crippen molar-refractivity contribution in [2.45, 2.75) is 25.8 Å². The van der Waals surface area contributed by atoms with Crippen LogP contribution in [0.1, 0.15) is 31.4 Å². The molecule has 1 aromatic heterocycles. The molecule has 6 nitrogen and oxygen atoms in total. The fraction of sp³-hybridized carbons (Fsp3) is 0.667. The zero-order chi connectivity index (χ0) is 13.5. The Morgan fingerprint density at radius 2 is 2.39 bits per heavy atom. The first-order valence-corrected chi connectivity index (χ1v) is 6.21. The lowest BCUT2D eigenvalue weighted by Crippen LogP contribution is -2.37. The Hall–Kier alpha value is -1.40. The molecule has 2 atom stereocenters. The Balaban J connectivity index is 2.45. The van der Waals surface area contributed by atoms with Gasteiger partial charge in [0.05, 0.1) is 6.20 Å². The molecule has 102 valence electrons. The van der Waals surface area contributed by atoms with Crippen LogP contribution >= 0.6 is 0 Å². The molecule has 0 saturated heterocycles. The van der Waals surface area contributed by atoms with E-state index in [4.69, 9.17) is 10.8 Å². The lowest BCUT2D eigenvalue weighted by atomic mass is 10.0. The first kappa shape index (κ1) is 14.7. The maximum Gasteiger partial charge on any atom is 0.241 e. The number of nitrogens with one attached hydrogen (secondary N) is 1. The van der Waals surface area contributed by atoms with Crippen LogP contribution in [0.3, 0.4) is 0 Å². The van der Waals surface area contributed by atoms with Gasteiger partial charge >= 0.3 is 0 Å². The summed E-state index contributed by atoms with van der Waals surface area (Å²) >= 11 is 0. The van der Waals surface area contributed by atoms with Gasteiger partial charge in [0.25, 0.3) is 0 Å². The highest BCUT2D eigenvalue weighted by molar-refractivity contribution is 5.82. The molecule has 0 fully saturated rings. The van der Waals surface area contributed by atoms with Crippen LogP contribution in [0.2, 0.25) is 0 Å². The molecule has 1 amide bonds. The van der Waals surface area contributed by atoms with Gasteiger partial charge in [-0.2, -0.15) is 5.10 Å². The quantitative estimate of drug-likeness (QED) is 0.635. The van der Waals surface area contributed by atoms with E-state index in [9.17, 15) is 4.79 Å². The molecule has 0 aliphatic carbocycles. The average Bonchev–Trinajstić information content (AvgIpc) is 2.79. The second-order valence-corrected chi connectivity index (χ2v) is 4.46. The molecule has 0 bridgehead atoms. The van der Waals surface area contributed by atoms with Crippen molar-refractivity contribution in [3.8, 4) is 0 Å². The largest absolute Gasteiger partial charge is 0.396 e. The number of amides is 1. The zero-order valence-electron chi connectivity index (χ0n) is 11.0. The van der Waals surface area contributed by atoms with Gasteiger partial charge in [-0.25, -0.2) is 0 Å². The van der Waals surface area contributed by atoms with Crippen molar-refractivity contribution in [2.24, 2.45) is 18.7 Å². The van der Waals surface area contributed by atoms with E-state index in [0.717, 1.165) is 6.42 Å². The van der Waals surface area contributed by atoms with Gasteiger partial charge in [0, 0.05) is 32.0 Å². The van der Waals surface area contributed by atoms with Crippen molar-refractivity contribution in [1.82, 2.24) is 15.1 Å². The SMILES string of the molecule is CCC(CCO)CNC(=O)C(N)c1cnn(C)c1. The predicted molar refractivity (Wildman–Crippen MR) is 68.6 cm³/mol. The summed E-state index contributed by atoms with van der Waals surface area (Å²) in [6.45, 7) is 2.72. The Kier molecular flexibility index (Phi) is 5.80. The van der Waals surface area contributed by atoms with Crippen LogP contribution in [0.25, 0.3) is 0 Å². The molecule has 0 saturated carbocycles. The van der Waals surface area contributed by atoms with E-state index in [-0.39, 0.29) is 12.5 Å². The number of hydrogen-bond acceptors (Lipinski definition) is 4. The van der Waals surface area contributed by atoms with Crippen molar-refractivity contribution in [1.29, 1.82) is 0 Å². The van der Waals surface area contributed by atoms with Crippen LogP contribution in [0.5, 0.6) is 0 Å². The van der Waals surface area contributed by atoms with Crippen LogP contribution in [-0.2, 0) is 11.8 Å². The summed E-state index contributed by atoms with van der Waals surface area (Å²) in [5.74, 6) is 0.0828. The molecule has 2 unspecified atom stereocenters. The molecule has 0 aliphatic heterocycles. The second-order valence-electron chi connectivity index (χ2n) is 4.46. The molecular formula is C12H22N4O2. The van der Waals surface area contributed by atoms with Crippen molar-refractivity contribution in [3.05, 3.63) is 18.0 Å². The Morgan fingerprint density at radius 1 is 1.67 bits per heavy atom. The summed E-state index contributed by atoms with van der Waals surface area (Å²) in [7, 11) is 1.78. The minimum absolute atomic E-state index is 0.142. The number of carbonyl (C=O) groups is 1. The first-order chi connectivity index (χ1) is 8.58. The summed E-state index contributed by atoms with van der Waals surface area (Å²) in [5.41, 5.74) is 6.54. The number of nitrogens with two attached hydrogens (primary N) is 1. The van der Waals surface area contributed by atoms with Crippen molar-refractivity contribution < 1.29 is 9.90 Å². The van der Waals surface area contributed by atoms with Crippen molar-refractivity contribution >= 4 is 5.91 Å². The van der Waals surface area contributed by atoms with E-state index in [0.29, 0.717) is 24.4 Å². The number of aliphatic hydroxyl groups is 1. The normalized spacial score (nSPS) is 14.2. The van der Waals surface area contributed by atoms with Gasteiger partial charge in [-0.15, -0.1) is 0 Å². The number of hydrogen-bond donors (Lipinski definition) is 3. The molecule has 4 N–H and O–H groups in total. The number of aromatic nitrogens is 2. The van der Waals surface area contributed by atoms with E-state index in [1.807, 2.05) is 6.92 Å². The maximum absolute atomic E-state index is 11.8. The fourth-order valence-corrected chi connectivity index (χ4v) is 1.74. The molecule has 1 rings (SSSR count). The lowest BCUT2D eigenvalue weighted by molar-refractivity contribution is -0.122. The van der Waals surface area contributed by atoms with Gasteiger partial charge in [-0.1, -0.05) is 13.3 Å². The number of rotatable bonds is 7. The van der Waals surface area contributed by atoms with Crippen LogP contribution in [0.4, 0.5) is 0 Å². The van der Waals surface area contributed by atoms with Gasteiger partial charge in [0.1, 0.15) is 6.04 Å². The van der Waals surface area contributed by atoms with E-state index in [2.05, 4.69) is 10.4 Å². The molecule has 1 heterocycles. The predicted octanol–water partition coefficient (Wildman–Crippen LogP) is -0.0553. The van der Waals surface area contributed by atoms with Crippen molar-refractivity contribution in [2.75, 3.05) is 13.2 Å². The highest BCUT2D eigenvalue weighted by Crippen LogP contribution is 2.10. The summed E-state index contributed by atoms with van der Waals surface area (Å²) in [6.07, 6.45) is 4.94. The van der Waals surface area contributed by atoms with Crippen LogP contribution < -0.4 is 11.1 Å². The standard InChI is InChI=1S/C12H22N4O2/c1-3-9(4-5-17)6-14-12(18)11(13)10-7-15-16(2)8-10/h7-9,11,17H,3-6,13H2,1-2H3,(H,14,18). The molecule has 0 aliphatic rings. The van der Waals surface area contributed by atoms with Gasteiger partial charge < -0.3 is 16.2 Å². The number of aliphatic hydroxyl groups excluding tert-OH is 1. The van der Waals surface area contributed by atoms with Crippen LogP contribution in [-0.4, -0.2) is 33.9 Å². The van der Waals surface area contributed by atoms with E-state index >= 15 is 0 Å². The molecule has 0 radical (unpaired) electrons. The molecule has 18 heavy (non-hydrogen) atoms. The van der Waals surface area contributed by atoms with Gasteiger partial charge in [0.2, 0.25) is 5.91 Å². The van der Waals surface area contributed by atoms with Gasteiger partial charge in [0.15, 0.2) is 0 Å². The van der Waals surface area contributed by atoms with E-state index in [1.165, 1.54) is 0 Å².